The molecule has 1 aliphatic rings. The van der Waals surface area contributed by atoms with Crippen LogP contribution in [-0.4, -0.2) is 37.1 Å². The van der Waals surface area contributed by atoms with Gasteiger partial charge >= 0.3 is 7.12 Å². The number of pyridine rings is 2. The molecule has 0 aliphatic carbocycles. The molecule has 0 amide bonds. The number of hydrogen-bond acceptors (Lipinski definition) is 4. The van der Waals surface area contributed by atoms with Crippen molar-refractivity contribution in [1.29, 1.82) is 0 Å². The van der Waals surface area contributed by atoms with E-state index in [2.05, 4.69) is 435 Å². The van der Waals surface area contributed by atoms with Gasteiger partial charge in [0.2, 0.25) is 0 Å². The van der Waals surface area contributed by atoms with Crippen LogP contribution in [0.15, 0.2) is 393 Å². The second kappa shape index (κ2) is 28.0. The lowest BCUT2D eigenvalue weighted by Crippen LogP contribution is -2.41. The Balaban J connectivity index is 0.000000112. The first-order chi connectivity index (χ1) is 58.9. The first-order valence-corrected chi connectivity index (χ1v) is 42.1. The van der Waals surface area contributed by atoms with Crippen molar-refractivity contribution in [2.75, 3.05) is 0 Å². The van der Waals surface area contributed by atoms with E-state index in [1.807, 2.05) is 6.07 Å². The minimum Gasteiger partial charge on any atom is -0.399 e. The molecule has 0 atom stereocenters. The number of imidazole rings is 2. The Labute approximate surface area is 701 Å². The van der Waals surface area contributed by atoms with Gasteiger partial charge in [-0.05, 0) is 277 Å². The van der Waals surface area contributed by atoms with Gasteiger partial charge in [-0.25, -0.2) is 9.97 Å². The van der Waals surface area contributed by atoms with E-state index < -0.39 is 0 Å². The summed E-state index contributed by atoms with van der Waals surface area (Å²) < 4.78 is 18.3. The number of fused-ring (bicyclic) bond motifs is 24. The van der Waals surface area contributed by atoms with Crippen molar-refractivity contribution in [3.8, 4) is 55.6 Å². The zero-order chi connectivity index (χ0) is 80.1. The van der Waals surface area contributed by atoms with Crippen LogP contribution in [0.2, 0.25) is 0 Å². The van der Waals surface area contributed by atoms with Crippen LogP contribution in [-0.2, 0) is 9.31 Å². The van der Waals surface area contributed by atoms with Crippen molar-refractivity contribution in [2.24, 2.45) is 0 Å². The topological polar surface area (TPSA) is 53.1 Å². The Bertz CT molecular complexity index is 8410. The van der Waals surface area contributed by atoms with E-state index in [9.17, 15) is 0 Å². The first-order valence-electron chi connectivity index (χ1n) is 41.3. The van der Waals surface area contributed by atoms with E-state index >= 15 is 0 Å². The van der Waals surface area contributed by atoms with Crippen LogP contribution in [0.1, 0.15) is 27.7 Å². The molecular formula is C112H76BBrN4O2. The summed E-state index contributed by atoms with van der Waals surface area (Å²) in [6.07, 6.45) is 0. The standard InChI is InChI=1S/C53H32N2.C34H21Br.C25H23BN2O2/c1-3-13-35-29-39(23-21-33(35)11-1)51-42-16-5-6-17-43(42)52(40-24-22-34-12-2-4-14-36(34)30-40)47-32-38(25-27-44(47)51)37-26-28-45-46(31-37)41-15-7-9-19-49(41)55-50-20-10-8-18-48(50)54-53(45)55;35-28-17-18-31-32(21-28)34(27-16-14-23-8-2-4-10-25(23)20-27)30-12-6-5-11-29(30)33(31)26-15-13-22-7-1-3-9-24(22)19-26;1-24(2)25(3,4)30-26(29-24)16-13-14-18-19(15-16)17-9-5-7-11-21(17)28-22-12-8-6-10-20(22)27-23(18)28/h1-32H;1-21H;5-15H,1-4H3. The lowest BCUT2D eigenvalue weighted by molar-refractivity contribution is 0.00578. The van der Waals surface area contributed by atoms with Gasteiger partial charge in [0, 0.05) is 26.0 Å². The summed E-state index contributed by atoms with van der Waals surface area (Å²) in [7, 11) is -0.381. The molecule has 8 heteroatoms. The summed E-state index contributed by atoms with van der Waals surface area (Å²) in [4.78, 5) is 10.1. The van der Waals surface area contributed by atoms with Crippen LogP contribution >= 0.6 is 15.9 Å². The molecule has 20 aromatic carbocycles. The predicted molar refractivity (Wildman–Crippen MR) is 513 cm³/mol. The average molecular weight is 1600 g/mol. The number of nitrogens with zero attached hydrogens (tertiary/aromatic N) is 4. The maximum absolute atomic E-state index is 6.30. The quantitative estimate of drug-likeness (QED) is 0.0946. The number of aromatic nitrogens is 4. The highest BCUT2D eigenvalue weighted by Gasteiger charge is 2.52. The maximum atomic E-state index is 6.30. The molecule has 0 N–H and O–H groups in total. The highest BCUT2D eigenvalue weighted by atomic mass is 79.9. The summed E-state index contributed by atoms with van der Waals surface area (Å²) >= 11 is 3.76. The molecule has 1 saturated heterocycles. The lowest BCUT2D eigenvalue weighted by Gasteiger charge is -2.32. The Morgan fingerprint density at radius 3 is 0.942 bits per heavy atom. The van der Waals surface area contributed by atoms with Gasteiger partial charge in [-0.1, -0.05) is 313 Å². The minimum absolute atomic E-state index is 0.362. The zero-order valence-electron chi connectivity index (χ0n) is 66.5. The van der Waals surface area contributed by atoms with Gasteiger partial charge in [0.1, 0.15) is 11.3 Å². The highest BCUT2D eigenvalue weighted by molar-refractivity contribution is 9.10. The van der Waals surface area contributed by atoms with Crippen LogP contribution in [0.5, 0.6) is 0 Å². The Kier molecular flexibility index (Phi) is 16.6. The van der Waals surface area contributed by atoms with Crippen molar-refractivity contribution in [3.05, 3.63) is 393 Å². The van der Waals surface area contributed by atoms with E-state index in [-0.39, 0.29) is 18.3 Å². The fraction of sp³-hybridized carbons (Fsp3) is 0.0536. The largest absolute Gasteiger partial charge is 0.494 e. The predicted octanol–water partition coefficient (Wildman–Crippen LogP) is 29.9. The Hall–Kier alpha value is -14.1. The fourth-order valence-corrected chi connectivity index (χ4v) is 19.4. The molecule has 0 radical (unpaired) electrons. The van der Waals surface area contributed by atoms with E-state index in [4.69, 9.17) is 19.3 Å². The SMILES string of the molecule is Brc1ccc2c(-c3ccc4ccccc4c3)c3ccccc3c(-c3ccc4ccccc4c3)c2c1.CC1(C)OB(c2ccc3c(c2)c2ccccc2n2c4ccccc4nc32)OC1(C)C.c1ccc2cc(-c3c4ccccc4c(-c4ccc5ccccc5c4)c4cc(-c5ccc6c(c5)c5ccccc5n5c7ccccc7nc65)ccc34)ccc2c1. The molecular weight excluding hydrogens is 1520 g/mol. The van der Waals surface area contributed by atoms with Crippen LogP contribution < -0.4 is 5.46 Å². The molecule has 24 aromatic rings. The molecule has 25 rings (SSSR count). The molecule has 6 nitrogen and oxygen atoms in total. The van der Waals surface area contributed by atoms with Crippen molar-refractivity contribution in [2.45, 2.75) is 38.9 Å². The summed E-state index contributed by atoms with van der Waals surface area (Å²) in [5.74, 6) is 0. The molecule has 5 heterocycles. The molecule has 0 bridgehead atoms. The van der Waals surface area contributed by atoms with Gasteiger partial charge in [0.15, 0.2) is 0 Å². The summed E-state index contributed by atoms with van der Waals surface area (Å²) in [5.41, 5.74) is 21.3. The maximum Gasteiger partial charge on any atom is 0.494 e. The molecule has 0 unspecified atom stereocenters. The second-order valence-electron chi connectivity index (χ2n) is 33.0. The van der Waals surface area contributed by atoms with E-state index in [1.165, 1.54) is 169 Å². The van der Waals surface area contributed by atoms with Gasteiger partial charge in [-0.2, -0.15) is 0 Å². The lowest BCUT2D eigenvalue weighted by atomic mass is 9.78. The van der Waals surface area contributed by atoms with Gasteiger partial charge in [0.25, 0.3) is 0 Å². The van der Waals surface area contributed by atoms with Crippen molar-refractivity contribution < 1.29 is 9.31 Å². The number of hydrogen-bond donors (Lipinski definition) is 0. The van der Waals surface area contributed by atoms with Crippen molar-refractivity contribution in [3.63, 3.8) is 0 Å². The van der Waals surface area contributed by atoms with E-state index in [1.54, 1.807) is 0 Å². The Morgan fingerprint density at radius 2 is 0.525 bits per heavy atom. The molecule has 0 spiro atoms. The van der Waals surface area contributed by atoms with Crippen LogP contribution in [0.4, 0.5) is 0 Å². The normalized spacial score (nSPS) is 13.4. The summed E-state index contributed by atoms with van der Waals surface area (Å²) in [5, 5.41) is 27.2. The van der Waals surface area contributed by atoms with Crippen LogP contribution in [0, 0.1) is 0 Å². The number of halogens is 1. The number of rotatable bonds is 6. The summed E-state index contributed by atoms with van der Waals surface area (Å²) in [6.45, 7) is 8.35. The van der Waals surface area contributed by atoms with Crippen molar-refractivity contribution in [1.82, 2.24) is 18.8 Å². The molecule has 1 fully saturated rings. The number of benzene rings is 20. The zero-order valence-corrected chi connectivity index (χ0v) is 68.1. The van der Waals surface area contributed by atoms with Crippen LogP contribution in [0.25, 0.3) is 219 Å². The van der Waals surface area contributed by atoms with Gasteiger partial charge in [-0.3, -0.25) is 8.80 Å². The Morgan fingerprint density at radius 1 is 0.233 bits per heavy atom. The molecule has 566 valence electrons. The van der Waals surface area contributed by atoms with E-state index in [0.29, 0.717) is 0 Å². The van der Waals surface area contributed by atoms with Gasteiger partial charge < -0.3 is 9.31 Å². The number of para-hydroxylation sites is 6. The minimum atomic E-state index is -0.381. The molecule has 4 aromatic heterocycles. The highest BCUT2D eigenvalue weighted by Crippen LogP contribution is 2.49. The third-order valence-electron chi connectivity index (χ3n) is 25.6. The molecule has 120 heavy (non-hydrogen) atoms. The van der Waals surface area contributed by atoms with Gasteiger partial charge in [-0.15, -0.1) is 0 Å². The fourth-order valence-electron chi connectivity index (χ4n) is 19.1. The smallest absolute Gasteiger partial charge is 0.399 e. The van der Waals surface area contributed by atoms with E-state index in [0.717, 1.165) is 59.6 Å². The summed E-state index contributed by atoms with van der Waals surface area (Å²) in [6, 6.07) is 141. The van der Waals surface area contributed by atoms with Gasteiger partial charge in [0.05, 0.1) is 44.3 Å². The average Bonchev–Trinajstić information content (AvgIpc) is 1.35. The van der Waals surface area contributed by atoms with Crippen molar-refractivity contribution >= 4 is 191 Å². The molecule has 1 aliphatic heterocycles. The first kappa shape index (κ1) is 71.2. The molecule has 0 saturated carbocycles. The van der Waals surface area contributed by atoms with Crippen LogP contribution in [0.3, 0.4) is 0 Å². The second-order valence-corrected chi connectivity index (χ2v) is 33.9. The third kappa shape index (κ3) is 11.7. The monoisotopic (exact) mass is 1600 g/mol. The third-order valence-corrected chi connectivity index (χ3v) is 26.1.